The number of ether oxygens (including phenoxy) is 1. The number of aromatic nitrogens is 2. The highest BCUT2D eigenvalue weighted by atomic mass is 19.3. The van der Waals surface area contributed by atoms with Gasteiger partial charge in [0.15, 0.2) is 5.82 Å². The zero-order valence-electron chi connectivity index (χ0n) is 13.7. The Morgan fingerprint density at radius 2 is 1.92 bits per heavy atom. The second-order valence-electron chi connectivity index (χ2n) is 6.86. The minimum atomic E-state index is -2.86. The molecular weight excluding hydrogens is 316 g/mol. The zero-order valence-corrected chi connectivity index (χ0v) is 13.7. The Bertz CT molecular complexity index is 748. The Balaban J connectivity index is 2.00. The van der Waals surface area contributed by atoms with Crippen LogP contribution in [0.5, 0.6) is 5.75 Å². The Kier molecular flexibility index (Phi) is 4.03. The van der Waals surface area contributed by atoms with Crippen LogP contribution < -0.4 is 10.1 Å². The van der Waals surface area contributed by atoms with Crippen LogP contribution in [0.4, 0.5) is 14.6 Å². The average molecular weight is 335 g/mol. The monoisotopic (exact) mass is 335 g/mol. The Hall–Kier alpha value is -2.44. The van der Waals surface area contributed by atoms with Gasteiger partial charge in [-0.25, -0.2) is 0 Å². The normalized spacial score (nSPS) is 17.6. The van der Waals surface area contributed by atoms with Crippen molar-refractivity contribution in [3.63, 3.8) is 0 Å². The van der Waals surface area contributed by atoms with Gasteiger partial charge >= 0.3 is 6.61 Å². The molecule has 5 nitrogen and oxygen atoms in total. The lowest BCUT2D eigenvalue weighted by molar-refractivity contribution is -0.116. The van der Waals surface area contributed by atoms with Crippen LogP contribution in [-0.4, -0.2) is 22.7 Å². The van der Waals surface area contributed by atoms with Gasteiger partial charge in [0, 0.05) is 29.0 Å². The summed E-state index contributed by atoms with van der Waals surface area (Å²) in [6, 6.07) is 6.41. The molecule has 0 aliphatic carbocycles. The Labute approximate surface area is 138 Å². The van der Waals surface area contributed by atoms with Crippen molar-refractivity contribution >= 4 is 11.7 Å². The van der Waals surface area contributed by atoms with Crippen LogP contribution in [0.15, 0.2) is 24.3 Å². The van der Waals surface area contributed by atoms with E-state index in [2.05, 4.69) is 41.0 Å². The molecule has 128 valence electrons. The fraction of sp³-hybridized carbons (Fsp3) is 0.412. The van der Waals surface area contributed by atoms with Crippen molar-refractivity contribution in [2.24, 2.45) is 0 Å². The third-order valence-electron chi connectivity index (χ3n) is 4.06. The topological polar surface area (TPSA) is 67.0 Å². The molecule has 2 aromatic rings. The molecule has 1 amide bonds. The number of nitrogens with zero attached hydrogens (tertiary/aromatic N) is 1. The second-order valence-corrected chi connectivity index (χ2v) is 6.86. The molecule has 0 saturated carbocycles. The molecule has 0 saturated heterocycles. The van der Waals surface area contributed by atoms with E-state index in [9.17, 15) is 13.6 Å². The van der Waals surface area contributed by atoms with Gasteiger partial charge in [0.1, 0.15) is 5.75 Å². The summed E-state index contributed by atoms with van der Waals surface area (Å²) in [6.45, 7) is 3.33. The molecule has 2 N–H and O–H groups in total. The van der Waals surface area contributed by atoms with Gasteiger partial charge < -0.3 is 10.1 Å². The number of aromatic amines is 1. The number of hydrogen-bond donors (Lipinski definition) is 2. The lowest BCUT2D eigenvalue weighted by Gasteiger charge is -2.27. The van der Waals surface area contributed by atoms with E-state index in [1.165, 1.54) is 12.1 Å². The molecule has 3 rings (SSSR count). The molecule has 0 bridgehead atoms. The number of hydrogen-bond acceptors (Lipinski definition) is 3. The highest BCUT2D eigenvalue weighted by Gasteiger charge is 2.34. The van der Waals surface area contributed by atoms with Gasteiger partial charge in [0.25, 0.3) is 0 Å². The largest absolute Gasteiger partial charge is 0.435 e. The summed E-state index contributed by atoms with van der Waals surface area (Å²) < 4.78 is 28.9. The van der Waals surface area contributed by atoms with Crippen molar-refractivity contribution < 1.29 is 18.3 Å². The van der Waals surface area contributed by atoms with Gasteiger partial charge in [-0.2, -0.15) is 13.9 Å². The third kappa shape index (κ3) is 3.11. The SMILES string of the molecule is CC(C)(C)c1[nH]nc2c1C(c1ccc(OC(F)F)cc1)CC(=O)N2. The summed E-state index contributed by atoms with van der Waals surface area (Å²) in [6.07, 6.45) is 0.282. The first-order chi connectivity index (χ1) is 11.3. The van der Waals surface area contributed by atoms with Crippen LogP contribution in [0.25, 0.3) is 0 Å². The fourth-order valence-electron chi connectivity index (χ4n) is 2.99. The van der Waals surface area contributed by atoms with E-state index in [-0.39, 0.29) is 29.4 Å². The number of amides is 1. The molecule has 0 radical (unpaired) electrons. The van der Waals surface area contributed by atoms with Crippen LogP contribution >= 0.6 is 0 Å². The Morgan fingerprint density at radius 3 is 2.50 bits per heavy atom. The lowest BCUT2D eigenvalue weighted by atomic mass is 9.79. The molecule has 7 heteroatoms. The third-order valence-corrected chi connectivity index (χ3v) is 4.06. The summed E-state index contributed by atoms with van der Waals surface area (Å²) in [5, 5.41) is 10.0. The number of H-pyrrole nitrogens is 1. The van der Waals surface area contributed by atoms with Crippen LogP contribution in [0.1, 0.15) is 49.9 Å². The summed E-state index contributed by atoms with van der Waals surface area (Å²) in [5.74, 6) is 0.334. The van der Waals surface area contributed by atoms with E-state index >= 15 is 0 Å². The van der Waals surface area contributed by atoms with Crippen molar-refractivity contribution in [2.75, 3.05) is 5.32 Å². The zero-order chi connectivity index (χ0) is 17.5. The van der Waals surface area contributed by atoms with Gasteiger partial charge in [-0.1, -0.05) is 32.9 Å². The number of carbonyl (C=O) groups excluding carboxylic acids is 1. The molecule has 1 unspecified atom stereocenters. The fourth-order valence-corrected chi connectivity index (χ4v) is 2.99. The highest BCUT2D eigenvalue weighted by molar-refractivity contribution is 5.94. The van der Waals surface area contributed by atoms with Crippen LogP contribution in [-0.2, 0) is 10.2 Å². The van der Waals surface area contributed by atoms with Gasteiger partial charge in [0.2, 0.25) is 5.91 Å². The van der Waals surface area contributed by atoms with Gasteiger partial charge in [-0.3, -0.25) is 9.89 Å². The van der Waals surface area contributed by atoms with E-state index in [0.717, 1.165) is 16.8 Å². The molecular formula is C17H19F2N3O2. The van der Waals surface area contributed by atoms with E-state index in [1.54, 1.807) is 12.1 Å². The first-order valence-corrected chi connectivity index (χ1v) is 7.69. The van der Waals surface area contributed by atoms with E-state index < -0.39 is 6.61 Å². The first-order valence-electron chi connectivity index (χ1n) is 7.69. The maximum Gasteiger partial charge on any atom is 0.387 e. The van der Waals surface area contributed by atoms with Crippen molar-refractivity contribution in [3.8, 4) is 5.75 Å². The molecule has 1 aromatic heterocycles. The standard InChI is InChI=1S/C17H19F2N3O2/c1-17(2,3)14-13-11(8-12(23)20-15(13)22-21-14)9-4-6-10(7-5-9)24-16(18)19/h4-7,11,16H,8H2,1-3H3,(H2,20,21,22,23). The smallest absolute Gasteiger partial charge is 0.387 e. The lowest BCUT2D eigenvalue weighted by Crippen LogP contribution is -2.25. The van der Waals surface area contributed by atoms with Crippen molar-refractivity contribution in [2.45, 2.75) is 45.1 Å². The number of benzene rings is 1. The summed E-state index contributed by atoms with van der Waals surface area (Å²) in [7, 11) is 0. The van der Waals surface area contributed by atoms with Crippen molar-refractivity contribution in [1.82, 2.24) is 10.2 Å². The van der Waals surface area contributed by atoms with E-state index in [1.807, 2.05) is 0 Å². The molecule has 2 heterocycles. The van der Waals surface area contributed by atoms with Crippen LogP contribution in [0, 0.1) is 0 Å². The Morgan fingerprint density at radius 1 is 1.25 bits per heavy atom. The quantitative estimate of drug-likeness (QED) is 0.897. The molecule has 1 aliphatic heterocycles. The molecule has 1 aromatic carbocycles. The molecule has 1 atom stereocenters. The summed E-state index contributed by atoms with van der Waals surface area (Å²) in [4.78, 5) is 12.0. The number of anilines is 1. The highest BCUT2D eigenvalue weighted by Crippen LogP contribution is 2.41. The van der Waals surface area contributed by atoms with Gasteiger partial charge in [-0.15, -0.1) is 0 Å². The van der Waals surface area contributed by atoms with Gasteiger partial charge in [-0.05, 0) is 17.7 Å². The molecule has 24 heavy (non-hydrogen) atoms. The van der Waals surface area contributed by atoms with Crippen LogP contribution in [0.3, 0.4) is 0 Å². The van der Waals surface area contributed by atoms with E-state index in [4.69, 9.17) is 0 Å². The van der Waals surface area contributed by atoms with E-state index in [0.29, 0.717) is 5.82 Å². The predicted octanol–water partition coefficient (Wildman–Crippen LogP) is 3.78. The second kappa shape index (κ2) is 5.89. The number of nitrogens with one attached hydrogen (secondary N) is 2. The molecule has 0 fully saturated rings. The minimum absolute atomic E-state index is 0.0949. The molecule has 1 aliphatic rings. The number of rotatable bonds is 3. The number of halogens is 2. The number of carbonyl (C=O) groups is 1. The summed E-state index contributed by atoms with van der Waals surface area (Å²) in [5.41, 5.74) is 2.60. The minimum Gasteiger partial charge on any atom is -0.435 e. The summed E-state index contributed by atoms with van der Waals surface area (Å²) >= 11 is 0. The van der Waals surface area contributed by atoms with Gasteiger partial charge in [0.05, 0.1) is 0 Å². The average Bonchev–Trinajstić information content (AvgIpc) is 2.90. The predicted molar refractivity (Wildman–Crippen MR) is 85.5 cm³/mol. The number of fused-ring (bicyclic) bond motifs is 1. The van der Waals surface area contributed by atoms with Crippen molar-refractivity contribution in [1.29, 1.82) is 0 Å². The van der Waals surface area contributed by atoms with Crippen LogP contribution in [0.2, 0.25) is 0 Å². The van der Waals surface area contributed by atoms with Crippen molar-refractivity contribution in [3.05, 3.63) is 41.1 Å². The number of alkyl halides is 2. The first kappa shape index (κ1) is 16.4. The maximum atomic E-state index is 12.3. The maximum absolute atomic E-state index is 12.3. The molecule has 0 spiro atoms.